The van der Waals surface area contributed by atoms with Crippen LogP contribution in [0.1, 0.15) is 51.1 Å². The molecule has 1 aliphatic rings. The van der Waals surface area contributed by atoms with Gasteiger partial charge in [-0.3, -0.25) is 0 Å². The van der Waals surface area contributed by atoms with E-state index in [-0.39, 0.29) is 0 Å². The van der Waals surface area contributed by atoms with Crippen LogP contribution in [-0.2, 0) is 11.3 Å². The fraction of sp³-hybridized carbons (Fsp3) is 0.824. The maximum absolute atomic E-state index is 5.08. The summed E-state index contributed by atoms with van der Waals surface area (Å²) in [7, 11) is 1.75. The highest BCUT2D eigenvalue weighted by molar-refractivity contribution is 5.28. The first-order chi connectivity index (χ1) is 10.2. The second-order valence-corrected chi connectivity index (χ2v) is 6.59. The average Bonchev–Trinajstić information content (AvgIpc) is 2.83. The summed E-state index contributed by atoms with van der Waals surface area (Å²) in [5.74, 6) is 2.87. The molecule has 1 aromatic heterocycles. The number of imidazole rings is 1. The summed E-state index contributed by atoms with van der Waals surface area (Å²) in [6, 6.07) is 0. The summed E-state index contributed by atoms with van der Waals surface area (Å²) in [5.41, 5.74) is 1.10. The fourth-order valence-corrected chi connectivity index (χ4v) is 3.21. The molecule has 0 aromatic carbocycles. The molecule has 0 saturated heterocycles. The molecule has 0 spiro atoms. The van der Waals surface area contributed by atoms with Crippen LogP contribution in [-0.4, -0.2) is 29.8 Å². The van der Waals surface area contributed by atoms with Crippen molar-refractivity contribution >= 4 is 5.95 Å². The summed E-state index contributed by atoms with van der Waals surface area (Å²) >= 11 is 0. The standard InChI is InChI=1S/C17H31N3O/c1-14-5-7-16(8-6-14)9-11-20-13-15(2)19-17(20)18-10-4-12-21-3/h13-14,16H,4-12H2,1-3H3,(H,18,19). The Bertz CT molecular complexity index is 408. The van der Waals surface area contributed by atoms with Crippen molar-refractivity contribution in [3.05, 3.63) is 11.9 Å². The van der Waals surface area contributed by atoms with E-state index >= 15 is 0 Å². The molecule has 4 heteroatoms. The number of nitrogens with zero attached hydrogens (tertiary/aromatic N) is 2. The number of nitrogens with one attached hydrogen (secondary N) is 1. The van der Waals surface area contributed by atoms with Gasteiger partial charge in [0.2, 0.25) is 5.95 Å². The number of aromatic nitrogens is 2. The highest BCUT2D eigenvalue weighted by atomic mass is 16.5. The van der Waals surface area contributed by atoms with Gasteiger partial charge in [0.05, 0.1) is 5.69 Å². The third-order valence-electron chi connectivity index (χ3n) is 4.62. The highest BCUT2D eigenvalue weighted by Gasteiger charge is 2.18. The molecule has 120 valence electrons. The van der Waals surface area contributed by atoms with Gasteiger partial charge in [-0.15, -0.1) is 0 Å². The van der Waals surface area contributed by atoms with Crippen LogP contribution in [0, 0.1) is 18.8 Å². The Balaban J connectivity index is 1.79. The maximum Gasteiger partial charge on any atom is 0.203 e. The fourth-order valence-electron chi connectivity index (χ4n) is 3.21. The van der Waals surface area contributed by atoms with Gasteiger partial charge in [-0.2, -0.15) is 0 Å². The Morgan fingerprint density at radius 3 is 2.81 bits per heavy atom. The smallest absolute Gasteiger partial charge is 0.203 e. The Morgan fingerprint density at radius 2 is 2.10 bits per heavy atom. The number of ether oxygens (including phenoxy) is 1. The van der Waals surface area contributed by atoms with Crippen LogP contribution < -0.4 is 5.32 Å². The van der Waals surface area contributed by atoms with E-state index in [1.807, 2.05) is 0 Å². The molecule has 0 aliphatic heterocycles. The van der Waals surface area contributed by atoms with Crippen molar-refractivity contribution < 1.29 is 4.74 Å². The quantitative estimate of drug-likeness (QED) is 0.740. The lowest BCUT2D eigenvalue weighted by molar-refractivity contribution is 0.197. The second kappa shape index (κ2) is 8.42. The molecule has 1 heterocycles. The van der Waals surface area contributed by atoms with Crippen molar-refractivity contribution in [3.63, 3.8) is 0 Å². The van der Waals surface area contributed by atoms with Crippen LogP contribution in [0.4, 0.5) is 5.95 Å². The molecular weight excluding hydrogens is 262 g/mol. The maximum atomic E-state index is 5.08. The molecule has 1 saturated carbocycles. The van der Waals surface area contributed by atoms with Crippen LogP contribution >= 0.6 is 0 Å². The van der Waals surface area contributed by atoms with E-state index in [4.69, 9.17) is 4.74 Å². The van der Waals surface area contributed by atoms with Crippen LogP contribution in [0.5, 0.6) is 0 Å². The van der Waals surface area contributed by atoms with E-state index in [0.29, 0.717) is 0 Å². The first kappa shape index (κ1) is 16.3. The van der Waals surface area contributed by atoms with Gasteiger partial charge in [-0.25, -0.2) is 4.98 Å². The number of aryl methyl sites for hydroxylation is 2. The zero-order chi connectivity index (χ0) is 15.1. The molecule has 1 aliphatic carbocycles. The van der Waals surface area contributed by atoms with Crippen molar-refractivity contribution in [2.75, 3.05) is 25.6 Å². The normalized spacial score (nSPS) is 22.4. The molecular formula is C17H31N3O. The van der Waals surface area contributed by atoms with E-state index in [1.165, 1.54) is 32.1 Å². The molecule has 1 aromatic rings. The predicted molar refractivity (Wildman–Crippen MR) is 87.7 cm³/mol. The van der Waals surface area contributed by atoms with Gasteiger partial charge >= 0.3 is 0 Å². The minimum absolute atomic E-state index is 0.799. The van der Waals surface area contributed by atoms with Gasteiger partial charge < -0.3 is 14.6 Å². The highest BCUT2D eigenvalue weighted by Crippen LogP contribution is 2.30. The van der Waals surface area contributed by atoms with Gasteiger partial charge in [-0.1, -0.05) is 32.6 Å². The third-order valence-corrected chi connectivity index (χ3v) is 4.62. The zero-order valence-corrected chi connectivity index (χ0v) is 13.9. The molecule has 0 atom stereocenters. The van der Waals surface area contributed by atoms with E-state index in [9.17, 15) is 0 Å². The van der Waals surface area contributed by atoms with E-state index < -0.39 is 0 Å². The number of rotatable bonds is 8. The molecule has 0 radical (unpaired) electrons. The van der Waals surface area contributed by atoms with Gasteiger partial charge in [0.15, 0.2) is 0 Å². The molecule has 1 fully saturated rings. The molecule has 0 amide bonds. The van der Waals surface area contributed by atoms with Crippen LogP contribution in [0.3, 0.4) is 0 Å². The van der Waals surface area contributed by atoms with Gasteiger partial charge in [0, 0.05) is 33.0 Å². The van der Waals surface area contributed by atoms with E-state index in [1.54, 1.807) is 7.11 Å². The van der Waals surface area contributed by atoms with Crippen molar-refractivity contribution in [2.24, 2.45) is 11.8 Å². The molecule has 2 rings (SSSR count). The van der Waals surface area contributed by atoms with Crippen LogP contribution in [0.2, 0.25) is 0 Å². The van der Waals surface area contributed by atoms with Gasteiger partial charge in [-0.05, 0) is 31.6 Å². The Labute approximate surface area is 129 Å². The lowest BCUT2D eigenvalue weighted by Gasteiger charge is -2.26. The van der Waals surface area contributed by atoms with Gasteiger partial charge in [0.1, 0.15) is 0 Å². The Kier molecular flexibility index (Phi) is 6.55. The molecule has 0 bridgehead atoms. The Hall–Kier alpha value is -1.03. The van der Waals surface area contributed by atoms with E-state index in [2.05, 4.69) is 34.9 Å². The summed E-state index contributed by atoms with van der Waals surface area (Å²) in [5, 5.41) is 3.44. The summed E-state index contributed by atoms with van der Waals surface area (Å²) < 4.78 is 7.38. The summed E-state index contributed by atoms with van der Waals surface area (Å²) in [6.45, 7) is 7.27. The number of hydrogen-bond donors (Lipinski definition) is 1. The van der Waals surface area contributed by atoms with Gasteiger partial charge in [0.25, 0.3) is 0 Å². The predicted octanol–water partition coefficient (Wildman–Crippen LogP) is 3.86. The van der Waals surface area contributed by atoms with Crippen molar-refractivity contribution in [1.82, 2.24) is 9.55 Å². The summed E-state index contributed by atoms with van der Waals surface area (Å²) in [6.07, 6.45) is 10.1. The third kappa shape index (κ3) is 5.34. The number of anilines is 1. The monoisotopic (exact) mass is 293 g/mol. The summed E-state index contributed by atoms with van der Waals surface area (Å²) in [4.78, 5) is 4.60. The molecule has 21 heavy (non-hydrogen) atoms. The Morgan fingerprint density at radius 1 is 1.33 bits per heavy atom. The minimum Gasteiger partial charge on any atom is -0.385 e. The van der Waals surface area contributed by atoms with Crippen molar-refractivity contribution in [2.45, 2.75) is 58.9 Å². The average molecular weight is 293 g/mol. The van der Waals surface area contributed by atoms with Crippen LogP contribution in [0.25, 0.3) is 0 Å². The minimum atomic E-state index is 0.799. The number of hydrogen-bond acceptors (Lipinski definition) is 3. The van der Waals surface area contributed by atoms with E-state index in [0.717, 1.165) is 49.6 Å². The lowest BCUT2D eigenvalue weighted by Crippen LogP contribution is -2.15. The number of methoxy groups -OCH3 is 1. The SMILES string of the molecule is COCCCNc1nc(C)cn1CCC1CCC(C)CC1. The molecule has 0 unspecified atom stereocenters. The largest absolute Gasteiger partial charge is 0.385 e. The topological polar surface area (TPSA) is 39.1 Å². The lowest BCUT2D eigenvalue weighted by atomic mass is 9.81. The van der Waals surface area contributed by atoms with Crippen LogP contribution in [0.15, 0.2) is 6.20 Å². The first-order valence-corrected chi connectivity index (χ1v) is 8.45. The molecule has 1 N–H and O–H groups in total. The molecule has 4 nitrogen and oxygen atoms in total. The van der Waals surface area contributed by atoms with Crippen molar-refractivity contribution in [3.8, 4) is 0 Å². The second-order valence-electron chi connectivity index (χ2n) is 6.59. The first-order valence-electron chi connectivity index (χ1n) is 8.45. The zero-order valence-electron chi connectivity index (χ0n) is 13.9. The van der Waals surface area contributed by atoms with Crippen molar-refractivity contribution in [1.29, 1.82) is 0 Å².